The van der Waals surface area contributed by atoms with E-state index in [0.29, 0.717) is 0 Å². The third-order valence-corrected chi connectivity index (χ3v) is 20.4. The standard InChI is InChI=1S/C73H89ClN10O26/c1-27(2)16-39(78-7)64(95)83-54-56(90)32-11-15-43(38(74)18-32)106-45-20-33-19-44(60(45)110-71-61(58(92)57(91)46(26-85)107-71)109-49-25-73(6,77)63(94)29(4)104-49)105-35-12-8-30(9-13-35)59(108-48-24-72(5,76)62(93)28(3)103-48)55-69(100)82-53(70(101)102)37-21-34(86)22-42(88)50(37)36-17-31(10-14-41(36)87)51(66(97)84-55)81-67(98)52(33)80-65(96)40(23-47(75)89)79-68(54)99/h8-15,17-22,27-29,39-40,46,48-49,51-59,61-63,71,78,85-88,90-94H,16,23-26,76-77H2,1-7H3,(H2,75,89)(H,79,99)(H,80,96)(H,81,98)(H,82,100)(H,83,95)(H,84,97)(H,101,102)/t28-,29-,39+,40-,46-,48-,49-,51+,52+,53-,54+,55+,56+,57+,58+,59+,61-,62-,63-,71+,72-,73-/m0/s1. The number of primary amides is 1. The number of fused-ring (bicyclic) bond motifs is 15. The molecule has 22 atom stereocenters. The van der Waals surface area contributed by atoms with Crippen molar-refractivity contribution in [1.82, 2.24) is 37.2 Å². The third-order valence-electron chi connectivity index (χ3n) is 20.1. The molecule has 5 aromatic rings. The molecule has 0 aliphatic carbocycles. The number of halogens is 1. The largest absolute Gasteiger partial charge is 0.508 e. The number of carboxylic acids is 1. The second-order valence-corrected chi connectivity index (χ2v) is 29.5. The first kappa shape index (κ1) is 81.4. The summed E-state index contributed by atoms with van der Waals surface area (Å²) < 4.78 is 51.7. The van der Waals surface area contributed by atoms with Crippen LogP contribution in [0.2, 0.25) is 5.02 Å². The molecular formula is C73H89ClN10O26. The molecule has 0 unspecified atom stereocenters. The minimum Gasteiger partial charge on any atom is -0.508 e. The average Bonchev–Trinajstić information content (AvgIpc) is 0.765. The number of rotatable bonds is 15. The molecule has 8 aliphatic heterocycles. The van der Waals surface area contributed by atoms with Crippen LogP contribution in [0.3, 0.4) is 0 Å². The number of hydrogen-bond acceptors (Lipinski definition) is 28. The Bertz CT molecular complexity index is 4350. The SMILES string of the molecule is CN[C@H](CC(C)C)C(=O)N[C@H]1C(=O)N[C@@H](CC(N)=O)C(=O)N[C@H]2C(=O)N[C@H]3C(=O)N[C@@H](C(=O)N[C@H](C(=O)O)c4cc(O)cc(O)c4-c4cc3ccc4O)[C@H](O[C@H]3C[C@](C)(N)[C@@H](O)[C@H](C)O3)c3ccc(cc3)Oc3cc2cc(c3O[C@H]2O[C@@H](CO)[C@@H](O)[C@@H](O)[C@@H]2O[C@H]2C[C@](C)(N)[C@@H](O)[C@H](C)O2)Oc2ccc(cc2Cl)[C@H]1O. The van der Waals surface area contributed by atoms with Gasteiger partial charge in [-0.05, 0) is 124 Å². The molecule has 36 nitrogen and oxygen atoms in total. The lowest BCUT2D eigenvalue weighted by Crippen LogP contribution is -2.64. The number of ether oxygens (including phenoxy) is 8. The van der Waals surface area contributed by atoms with Crippen molar-refractivity contribution in [3.8, 4) is 57.1 Å². The van der Waals surface area contributed by atoms with Gasteiger partial charge in [-0.15, -0.1) is 0 Å². The molecule has 3 fully saturated rings. The predicted octanol–water partition coefficient (Wildman–Crippen LogP) is -0.310. The van der Waals surface area contributed by atoms with Crippen LogP contribution in [0, 0.1) is 5.92 Å². The van der Waals surface area contributed by atoms with Crippen molar-refractivity contribution in [2.45, 2.75) is 201 Å². The van der Waals surface area contributed by atoms with E-state index in [1.165, 1.54) is 71.1 Å². The van der Waals surface area contributed by atoms with Crippen LogP contribution in [0.5, 0.6) is 46.0 Å². The van der Waals surface area contributed by atoms with E-state index in [1.807, 2.05) is 13.8 Å². The molecule has 3 saturated heterocycles. The molecule has 8 heterocycles. The predicted molar refractivity (Wildman–Crippen MR) is 381 cm³/mol. The Kier molecular flexibility index (Phi) is 24.2. The molecule has 0 aromatic heterocycles. The van der Waals surface area contributed by atoms with Crippen molar-refractivity contribution in [2.75, 3.05) is 13.7 Å². The van der Waals surface area contributed by atoms with Gasteiger partial charge in [0.2, 0.25) is 53.4 Å². The summed E-state index contributed by atoms with van der Waals surface area (Å²) in [4.78, 5) is 120. The number of carbonyl (C=O) groups excluding carboxylic acids is 7. The van der Waals surface area contributed by atoms with Crippen LogP contribution in [-0.2, 0) is 62.0 Å². The van der Waals surface area contributed by atoms with Gasteiger partial charge in [0.05, 0.1) is 48.5 Å². The maximum atomic E-state index is 16.3. The van der Waals surface area contributed by atoms with Gasteiger partial charge >= 0.3 is 5.97 Å². The van der Waals surface area contributed by atoms with E-state index in [1.54, 1.807) is 0 Å². The van der Waals surface area contributed by atoms with E-state index in [2.05, 4.69) is 37.2 Å². The highest BCUT2D eigenvalue weighted by Gasteiger charge is 2.52. The quantitative estimate of drug-likeness (QED) is 0.0639. The number of hydrogen-bond donors (Lipinski definition) is 20. The molecular weight excluding hydrogens is 1470 g/mol. The van der Waals surface area contributed by atoms with E-state index in [0.717, 1.165) is 48.5 Å². The van der Waals surface area contributed by atoms with Crippen LogP contribution in [0.4, 0.5) is 0 Å². The fraction of sp³-hybridized carbons (Fsp3) is 0.479. The summed E-state index contributed by atoms with van der Waals surface area (Å²) in [6.45, 7) is 8.66. The van der Waals surface area contributed by atoms with E-state index < -0.39 is 250 Å². The van der Waals surface area contributed by atoms with Crippen LogP contribution >= 0.6 is 11.6 Å². The number of likely N-dealkylation sites (N-methyl/N-ethyl adjacent to an activating group) is 1. The molecule has 37 heteroatoms. The molecule has 13 rings (SSSR count). The molecule has 5 aromatic carbocycles. The molecule has 0 radical (unpaired) electrons. The molecule has 8 aliphatic rings. The number of carbonyl (C=O) groups is 8. The van der Waals surface area contributed by atoms with Gasteiger partial charge in [0.25, 0.3) is 0 Å². The third kappa shape index (κ3) is 17.3. The zero-order valence-electron chi connectivity index (χ0n) is 60.4. The first-order valence-electron chi connectivity index (χ1n) is 35.2. The van der Waals surface area contributed by atoms with E-state index in [4.69, 9.17) is 66.7 Å². The topological polar surface area (TPSA) is 575 Å². The first-order chi connectivity index (χ1) is 51.8. The zero-order chi connectivity index (χ0) is 80.0. The Balaban J connectivity index is 1.18. The minimum absolute atomic E-state index is 0.0420. The maximum Gasteiger partial charge on any atom is 0.330 e. The number of amides is 7. The number of carboxylic acid groups (broad SMARTS) is 1. The lowest BCUT2D eigenvalue weighted by Gasteiger charge is -2.47. The second-order valence-electron chi connectivity index (χ2n) is 29.1. The Morgan fingerprint density at radius 2 is 1.27 bits per heavy atom. The number of phenols is 3. The number of phenolic OH excluding ortho intramolecular Hbond substituents is 3. The number of benzene rings is 5. The van der Waals surface area contributed by atoms with Gasteiger partial charge < -0.3 is 143 Å². The van der Waals surface area contributed by atoms with Crippen molar-refractivity contribution in [1.29, 1.82) is 0 Å². The van der Waals surface area contributed by atoms with Crippen molar-refractivity contribution in [2.24, 2.45) is 23.1 Å². The van der Waals surface area contributed by atoms with Crippen LogP contribution in [-0.4, -0.2) is 215 Å². The highest BCUT2D eigenvalue weighted by Crippen LogP contribution is 2.50. The molecule has 0 saturated carbocycles. The highest BCUT2D eigenvalue weighted by molar-refractivity contribution is 6.32. The summed E-state index contributed by atoms with van der Waals surface area (Å²) in [6, 6.07) is 1.51. The fourth-order valence-electron chi connectivity index (χ4n) is 14.2. The van der Waals surface area contributed by atoms with Gasteiger partial charge in [0, 0.05) is 46.7 Å². The Morgan fingerprint density at radius 1 is 0.673 bits per heavy atom. The summed E-state index contributed by atoms with van der Waals surface area (Å²) in [5.74, 6) is -15.5. The Morgan fingerprint density at radius 3 is 1.87 bits per heavy atom. The minimum atomic E-state index is -2.34. The average molecular weight is 1560 g/mol. The van der Waals surface area contributed by atoms with Gasteiger partial charge in [-0.1, -0.05) is 49.7 Å². The molecule has 110 heavy (non-hydrogen) atoms. The number of aliphatic hydroxyl groups excluding tert-OH is 6. The monoisotopic (exact) mass is 1560 g/mol. The van der Waals surface area contributed by atoms with Crippen LogP contribution in [0.1, 0.15) is 125 Å². The summed E-state index contributed by atoms with van der Waals surface area (Å²) in [6.07, 6.45) is -22.4. The lowest BCUT2D eigenvalue weighted by atomic mass is 9.86. The molecule has 23 N–H and O–H groups in total. The van der Waals surface area contributed by atoms with E-state index in [9.17, 15) is 70.2 Å². The van der Waals surface area contributed by atoms with Crippen LogP contribution in [0.25, 0.3) is 11.1 Å². The van der Waals surface area contributed by atoms with Crippen molar-refractivity contribution >= 4 is 58.9 Å². The maximum absolute atomic E-state index is 16.3. The zero-order valence-corrected chi connectivity index (χ0v) is 61.1. The van der Waals surface area contributed by atoms with Gasteiger partial charge in [-0.25, -0.2) is 4.79 Å². The number of nitrogens with two attached hydrogens (primary N) is 3. The van der Waals surface area contributed by atoms with Gasteiger partial charge in [0.15, 0.2) is 36.2 Å². The van der Waals surface area contributed by atoms with E-state index >= 15 is 19.2 Å². The van der Waals surface area contributed by atoms with Gasteiger partial charge in [0.1, 0.15) is 89.5 Å². The summed E-state index contributed by atoms with van der Waals surface area (Å²) in [5, 5.41) is 132. The van der Waals surface area contributed by atoms with Crippen molar-refractivity contribution in [3.63, 3.8) is 0 Å². The molecule has 594 valence electrons. The van der Waals surface area contributed by atoms with Gasteiger partial charge in [-0.3, -0.25) is 33.6 Å². The fourth-order valence-corrected chi connectivity index (χ4v) is 14.4. The first-order valence-corrected chi connectivity index (χ1v) is 35.6. The van der Waals surface area contributed by atoms with Crippen LogP contribution in [0.15, 0.2) is 84.9 Å². The second kappa shape index (κ2) is 32.8. The Labute approximate surface area is 633 Å². The number of aromatic hydroxyl groups is 3. The smallest absolute Gasteiger partial charge is 0.330 e. The lowest BCUT2D eigenvalue weighted by molar-refractivity contribution is -0.333. The molecule has 11 bridgehead atoms. The van der Waals surface area contributed by atoms with Gasteiger partial charge in [-0.2, -0.15) is 0 Å². The normalized spacial score (nSPS) is 32.2. The summed E-state index contributed by atoms with van der Waals surface area (Å²) in [7, 11) is 1.48. The molecule has 0 spiro atoms. The number of aliphatic carboxylic acids is 1. The summed E-state index contributed by atoms with van der Waals surface area (Å²) in [5.41, 5.74) is 13.6. The van der Waals surface area contributed by atoms with Crippen molar-refractivity contribution < 1.29 is 127 Å². The summed E-state index contributed by atoms with van der Waals surface area (Å²) >= 11 is 7.13. The van der Waals surface area contributed by atoms with Crippen LogP contribution < -0.4 is 68.6 Å². The highest BCUT2D eigenvalue weighted by atomic mass is 35.5. The Hall–Kier alpha value is -9.61. The molecule has 7 amide bonds. The van der Waals surface area contributed by atoms with Crippen molar-refractivity contribution in [3.05, 3.63) is 118 Å². The number of aliphatic hydroxyl groups is 6. The van der Waals surface area contributed by atoms with E-state index in [-0.39, 0.29) is 58.4 Å². The number of nitrogens with one attached hydrogen (secondary N) is 7.